The molecule has 1 aromatic rings. The number of rotatable bonds is 7. The number of hydrogen-bond donors (Lipinski definition) is 0. The van der Waals surface area contributed by atoms with Crippen molar-refractivity contribution in [3.63, 3.8) is 0 Å². The summed E-state index contributed by atoms with van der Waals surface area (Å²) in [5.74, 6) is 0.319. The van der Waals surface area contributed by atoms with Crippen molar-refractivity contribution in [2.24, 2.45) is 5.92 Å². The standard InChI is InChI=1S/C14H20O2/c1-3-7-14(15)12(2)10-16-11-13-8-5-4-6-9-13/h4-6,8-9,12H,3,7,10-11H2,1-2H3/t12-/m1/s1. The summed E-state index contributed by atoms with van der Waals surface area (Å²) in [6, 6.07) is 10.0. The first kappa shape index (κ1) is 12.9. The van der Waals surface area contributed by atoms with Crippen molar-refractivity contribution in [1.82, 2.24) is 0 Å². The Hall–Kier alpha value is -1.15. The molecule has 0 spiro atoms. The first-order valence-corrected chi connectivity index (χ1v) is 5.88. The molecular weight excluding hydrogens is 200 g/mol. The molecule has 0 saturated heterocycles. The maximum Gasteiger partial charge on any atom is 0.137 e. The molecule has 2 nitrogen and oxygen atoms in total. The van der Waals surface area contributed by atoms with Crippen LogP contribution in [0.25, 0.3) is 0 Å². The number of Topliss-reactive ketones (excluding diaryl/α,β-unsaturated/α-hetero) is 1. The lowest BCUT2D eigenvalue weighted by molar-refractivity contribution is -0.124. The highest BCUT2D eigenvalue weighted by atomic mass is 16.5. The van der Waals surface area contributed by atoms with E-state index in [9.17, 15) is 4.79 Å². The highest BCUT2D eigenvalue weighted by Gasteiger charge is 2.11. The van der Waals surface area contributed by atoms with Crippen molar-refractivity contribution in [2.45, 2.75) is 33.3 Å². The average molecular weight is 220 g/mol. The smallest absolute Gasteiger partial charge is 0.137 e. The van der Waals surface area contributed by atoms with Gasteiger partial charge >= 0.3 is 0 Å². The number of hydrogen-bond acceptors (Lipinski definition) is 2. The van der Waals surface area contributed by atoms with E-state index >= 15 is 0 Å². The van der Waals surface area contributed by atoms with Crippen LogP contribution in [0.1, 0.15) is 32.3 Å². The lowest BCUT2D eigenvalue weighted by Crippen LogP contribution is -2.16. The number of carbonyl (C=O) groups is 1. The fourth-order valence-corrected chi connectivity index (χ4v) is 1.51. The van der Waals surface area contributed by atoms with Gasteiger partial charge in [0.25, 0.3) is 0 Å². The van der Waals surface area contributed by atoms with E-state index in [1.54, 1.807) is 0 Å². The Labute approximate surface area is 97.6 Å². The fraction of sp³-hybridized carbons (Fsp3) is 0.500. The van der Waals surface area contributed by atoms with Crippen molar-refractivity contribution in [3.05, 3.63) is 35.9 Å². The molecule has 0 aliphatic rings. The minimum absolute atomic E-state index is 0.0173. The fourth-order valence-electron chi connectivity index (χ4n) is 1.51. The molecule has 0 unspecified atom stereocenters. The molecule has 0 amide bonds. The molecule has 0 heterocycles. The van der Waals surface area contributed by atoms with Crippen LogP contribution >= 0.6 is 0 Å². The molecule has 2 heteroatoms. The van der Waals surface area contributed by atoms with E-state index in [-0.39, 0.29) is 5.92 Å². The zero-order valence-corrected chi connectivity index (χ0v) is 10.1. The lowest BCUT2D eigenvalue weighted by Gasteiger charge is -2.10. The van der Waals surface area contributed by atoms with E-state index in [1.807, 2.05) is 44.2 Å². The second kappa shape index (κ2) is 7.18. The molecule has 88 valence electrons. The number of carbonyl (C=O) groups excluding carboxylic acids is 1. The van der Waals surface area contributed by atoms with Crippen molar-refractivity contribution in [3.8, 4) is 0 Å². The Kier molecular flexibility index (Phi) is 5.79. The summed E-state index contributed by atoms with van der Waals surface area (Å²) < 4.78 is 5.53. The summed E-state index contributed by atoms with van der Waals surface area (Å²) >= 11 is 0. The highest BCUT2D eigenvalue weighted by molar-refractivity contribution is 5.80. The number of ketones is 1. The van der Waals surface area contributed by atoms with Crippen molar-refractivity contribution in [1.29, 1.82) is 0 Å². The maximum absolute atomic E-state index is 11.5. The zero-order chi connectivity index (χ0) is 11.8. The van der Waals surface area contributed by atoms with Gasteiger partial charge in [0.05, 0.1) is 13.2 Å². The molecule has 0 aliphatic heterocycles. The van der Waals surface area contributed by atoms with Gasteiger partial charge in [-0.1, -0.05) is 44.2 Å². The molecule has 0 saturated carbocycles. The van der Waals surface area contributed by atoms with Crippen molar-refractivity contribution in [2.75, 3.05) is 6.61 Å². The summed E-state index contributed by atoms with van der Waals surface area (Å²) in [4.78, 5) is 11.5. The van der Waals surface area contributed by atoms with E-state index in [0.717, 1.165) is 12.0 Å². The minimum Gasteiger partial charge on any atom is -0.376 e. The van der Waals surface area contributed by atoms with Crippen LogP contribution in [0.5, 0.6) is 0 Å². The van der Waals surface area contributed by atoms with Crippen molar-refractivity contribution < 1.29 is 9.53 Å². The van der Waals surface area contributed by atoms with Gasteiger partial charge in [-0.15, -0.1) is 0 Å². The van der Waals surface area contributed by atoms with Crippen LogP contribution in [0.4, 0.5) is 0 Å². The first-order chi connectivity index (χ1) is 7.74. The van der Waals surface area contributed by atoms with Gasteiger partial charge in [0.1, 0.15) is 5.78 Å². The topological polar surface area (TPSA) is 26.3 Å². The lowest BCUT2D eigenvalue weighted by atomic mass is 10.0. The second-order valence-corrected chi connectivity index (χ2v) is 4.12. The Balaban J connectivity index is 2.23. The Morgan fingerprint density at radius 3 is 2.62 bits per heavy atom. The van der Waals surface area contributed by atoms with E-state index < -0.39 is 0 Å². The van der Waals surface area contributed by atoms with Gasteiger partial charge < -0.3 is 4.74 Å². The van der Waals surface area contributed by atoms with Gasteiger partial charge in [0, 0.05) is 12.3 Å². The van der Waals surface area contributed by atoms with E-state index in [2.05, 4.69) is 0 Å². The Bertz CT molecular complexity index is 306. The van der Waals surface area contributed by atoms with E-state index in [4.69, 9.17) is 4.74 Å². The summed E-state index contributed by atoms with van der Waals surface area (Å²) in [5.41, 5.74) is 1.15. The van der Waals surface area contributed by atoms with E-state index in [0.29, 0.717) is 25.4 Å². The highest BCUT2D eigenvalue weighted by Crippen LogP contribution is 2.06. The molecule has 0 radical (unpaired) electrons. The molecule has 16 heavy (non-hydrogen) atoms. The van der Waals surface area contributed by atoms with Crippen LogP contribution in [0.2, 0.25) is 0 Å². The SMILES string of the molecule is CCCC(=O)[C@H](C)COCc1ccccc1. The molecule has 1 aromatic carbocycles. The van der Waals surface area contributed by atoms with Gasteiger partial charge in [-0.05, 0) is 12.0 Å². The predicted molar refractivity (Wildman–Crippen MR) is 65.2 cm³/mol. The number of ether oxygens (including phenoxy) is 1. The third kappa shape index (κ3) is 4.58. The monoisotopic (exact) mass is 220 g/mol. The largest absolute Gasteiger partial charge is 0.376 e. The molecule has 0 bridgehead atoms. The second-order valence-electron chi connectivity index (χ2n) is 4.12. The molecular formula is C14H20O2. The summed E-state index contributed by atoms with van der Waals surface area (Å²) in [7, 11) is 0. The molecule has 0 aliphatic carbocycles. The maximum atomic E-state index is 11.5. The molecule has 1 atom stereocenters. The van der Waals surface area contributed by atoms with Crippen LogP contribution in [0, 0.1) is 5.92 Å². The van der Waals surface area contributed by atoms with Gasteiger partial charge in [0.2, 0.25) is 0 Å². The quantitative estimate of drug-likeness (QED) is 0.705. The third-order valence-electron chi connectivity index (χ3n) is 2.53. The normalized spacial score (nSPS) is 12.4. The average Bonchev–Trinajstić information content (AvgIpc) is 2.30. The van der Waals surface area contributed by atoms with Crippen molar-refractivity contribution >= 4 is 5.78 Å². The van der Waals surface area contributed by atoms with Gasteiger partial charge in [-0.25, -0.2) is 0 Å². The van der Waals surface area contributed by atoms with Crippen LogP contribution in [-0.2, 0) is 16.1 Å². The van der Waals surface area contributed by atoms with Crippen LogP contribution in [-0.4, -0.2) is 12.4 Å². The van der Waals surface area contributed by atoms with Gasteiger partial charge in [-0.3, -0.25) is 4.79 Å². The molecule has 0 aromatic heterocycles. The minimum atomic E-state index is 0.0173. The van der Waals surface area contributed by atoms with Gasteiger partial charge in [0.15, 0.2) is 0 Å². The molecule has 0 N–H and O–H groups in total. The summed E-state index contributed by atoms with van der Waals surface area (Å²) in [5, 5.41) is 0. The number of benzene rings is 1. The van der Waals surface area contributed by atoms with Gasteiger partial charge in [-0.2, -0.15) is 0 Å². The zero-order valence-electron chi connectivity index (χ0n) is 10.1. The predicted octanol–water partition coefficient (Wildman–Crippen LogP) is 3.21. The first-order valence-electron chi connectivity index (χ1n) is 5.88. The van der Waals surface area contributed by atoms with Crippen LogP contribution in [0.15, 0.2) is 30.3 Å². The third-order valence-corrected chi connectivity index (χ3v) is 2.53. The molecule has 1 rings (SSSR count). The van der Waals surface area contributed by atoms with Crippen LogP contribution < -0.4 is 0 Å². The Morgan fingerprint density at radius 1 is 1.31 bits per heavy atom. The molecule has 0 fully saturated rings. The van der Waals surface area contributed by atoms with E-state index in [1.165, 1.54) is 0 Å². The summed E-state index contributed by atoms with van der Waals surface area (Å²) in [6.45, 7) is 5.07. The summed E-state index contributed by atoms with van der Waals surface area (Å²) in [6.07, 6.45) is 1.58. The van der Waals surface area contributed by atoms with Crippen LogP contribution in [0.3, 0.4) is 0 Å². The Morgan fingerprint density at radius 2 is 2.00 bits per heavy atom.